The van der Waals surface area contributed by atoms with Crippen molar-refractivity contribution in [3.63, 3.8) is 0 Å². The van der Waals surface area contributed by atoms with Crippen LogP contribution in [0.1, 0.15) is 42.4 Å². The molecule has 0 fully saturated rings. The van der Waals surface area contributed by atoms with E-state index in [0.717, 1.165) is 5.56 Å². The Balaban J connectivity index is 1.83. The highest BCUT2D eigenvalue weighted by atomic mass is 16.6. The molecule has 0 atom stereocenters. The average molecular weight is 345 g/mol. The number of esters is 1. The van der Waals surface area contributed by atoms with Gasteiger partial charge in [-0.25, -0.2) is 9.59 Å². The summed E-state index contributed by atoms with van der Waals surface area (Å²) >= 11 is 0. The number of benzene rings is 1. The second kappa shape index (κ2) is 8.32. The van der Waals surface area contributed by atoms with Crippen molar-refractivity contribution in [2.75, 3.05) is 6.54 Å². The number of carbonyl (C=O) groups excluding carboxylic acids is 2. The van der Waals surface area contributed by atoms with Gasteiger partial charge in [0.15, 0.2) is 0 Å². The van der Waals surface area contributed by atoms with Crippen LogP contribution in [0.3, 0.4) is 0 Å². The van der Waals surface area contributed by atoms with Crippen molar-refractivity contribution < 1.29 is 19.1 Å². The van der Waals surface area contributed by atoms with E-state index in [2.05, 4.69) is 15.5 Å². The summed E-state index contributed by atoms with van der Waals surface area (Å²) in [4.78, 5) is 23.8. The van der Waals surface area contributed by atoms with Crippen LogP contribution < -0.4 is 5.32 Å². The molecule has 0 spiro atoms. The van der Waals surface area contributed by atoms with E-state index in [1.165, 1.54) is 6.20 Å². The quantitative estimate of drug-likeness (QED) is 0.785. The summed E-state index contributed by atoms with van der Waals surface area (Å²) < 4.78 is 10.5. The molecule has 0 bridgehead atoms. The van der Waals surface area contributed by atoms with Crippen LogP contribution in [0.2, 0.25) is 0 Å². The molecule has 134 valence electrons. The molecule has 1 amide bonds. The molecule has 0 saturated heterocycles. The van der Waals surface area contributed by atoms with Crippen molar-refractivity contribution in [1.82, 2.24) is 15.5 Å². The first-order valence-corrected chi connectivity index (χ1v) is 8.05. The van der Waals surface area contributed by atoms with E-state index in [9.17, 15) is 9.59 Å². The predicted molar refractivity (Wildman–Crippen MR) is 92.1 cm³/mol. The van der Waals surface area contributed by atoms with Crippen LogP contribution in [0.4, 0.5) is 4.79 Å². The molecule has 2 rings (SSSR count). The van der Waals surface area contributed by atoms with Gasteiger partial charge in [-0.1, -0.05) is 30.3 Å². The van der Waals surface area contributed by atoms with Gasteiger partial charge in [0.05, 0.1) is 11.9 Å². The number of alkyl carbamates (subject to hydrolysis) is 1. The summed E-state index contributed by atoms with van der Waals surface area (Å²) in [6.07, 6.45) is 1.34. The summed E-state index contributed by atoms with van der Waals surface area (Å²) in [7, 11) is 0. The number of carbonyl (C=O) groups is 2. The van der Waals surface area contributed by atoms with E-state index >= 15 is 0 Å². The summed E-state index contributed by atoms with van der Waals surface area (Å²) in [5, 5.41) is 9.29. The maximum absolute atomic E-state index is 12.2. The van der Waals surface area contributed by atoms with Crippen LogP contribution in [0.25, 0.3) is 0 Å². The number of rotatable bonds is 6. The van der Waals surface area contributed by atoms with Gasteiger partial charge in [-0.3, -0.25) is 5.10 Å². The molecule has 1 heterocycles. The molecule has 1 aromatic carbocycles. The first-order chi connectivity index (χ1) is 11.8. The Kier molecular flexibility index (Phi) is 6.16. The third kappa shape index (κ3) is 6.29. The third-order valence-electron chi connectivity index (χ3n) is 3.19. The molecule has 2 aromatic rings. The standard InChI is InChI=1S/C18H23N3O4/c1-18(2,3)25-17(23)19-10-9-15-14(11-20-21-15)16(22)24-12-13-7-5-4-6-8-13/h4-8,11H,9-10,12H2,1-3H3,(H,19,23)(H,20,21). The molecule has 25 heavy (non-hydrogen) atoms. The van der Waals surface area contributed by atoms with E-state index in [0.29, 0.717) is 24.2 Å². The Labute approximate surface area is 146 Å². The topological polar surface area (TPSA) is 93.3 Å². The second-order valence-electron chi connectivity index (χ2n) is 6.50. The minimum Gasteiger partial charge on any atom is -0.457 e. The number of H-pyrrole nitrogens is 1. The van der Waals surface area contributed by atoms with Gasteiger partial charge >= 0.3 is 12.1 Å². The molecule has 0 aliphatic carbocycles. The normalized spacial score (nSPS) is 11.0. The number of aromatic amines is 1. The van der Waals surface area contributed by atoms with E-state index in [1.54, 1.807) is 20.8 Å². The molecule has 7 nitrogen and oxygen atoms in total. The molecule has 0 aliphatic rings. The highest BCUT2D eigenvalue weighted by molar-refractivity contribution is 5.90. The zero-order valence-corrected chi connectivity index (χ0v) is 14.7. The van der Waals surface area contributed by atoms with Crippen molar-refractivity contribution in [2.24, 2.45) is 0 Å². The van der Waals surface area contributed by atoms with Crippen molar-refractivity contribution in [3.05, 3.63) is 53.3 Å². The highest BCUT2D eigenvalue weighted by Crippen LogP contribution is 2.10. The zero-order valence-electron chi connectivity index (χ0n) is 14.7. The summed E-state index contributed by atoms with van der Waals surface area (Å²) in [6, 6.07) is 9.43. The van der Waals surface area contributed by atoms with E-state index in [4.69, 9.17) is 9.47 Å². The highest BCUT2D eigenvalue weighted by Gasteiger charge is 2.17. The predicted octanol–water partition coefficient (Wildman–Crippen LogP) is 2.83. The largest absolute Gasteiger partial charge is 0.457 e. The fourth-order valence-electron chi connectivity index (χ4n) is 2.08. The Bertz CT molecular complexity index is 705. The lowest BCUT2D eigenvalue weighted by atomic mass is 10.2. The molecular formula is C18H23N3O4. The Morgan fingerprint density at radius 1 is 1.20 bits per heavy atom. The number of nitrogens with one attached hydrogen (secondary N) is 2. The molecule has 0 radical (unpaired) electrons. The maximum Gasteiger partial charge on any atom is 0.407 e. The molecule has 7 heteroatoms. The lowest BCUT2D eigenvalue weighted by Gasteiger charge is -2.19. The van der Waals surface area contributed by atoms with Crippen molar-refractivity contribution >= 4 is 12.1 Å². The molecule has 0 unspecified atom stereocenters. The van der Waals surface area contributed by atoms with Gasteiger partial charge in [0.1, 0.15) is 17.8 Å². The van der Waals surface area contributed by atoms with Crippen molar-refractivity contribution in [1.29, 1.82) is 0 Å². The summed E-state index contributed by atoms with van der Waals surface area (Å²) in [6.45, 7) is 5.89. The minimum atomic E-state index is -0.551. The average Bonchev–Trinajstić information content (AvgIpc) is 3.00. The zero-order chi connectivity index (χ0) is 18.3. The molecule has 2 N–H and O–H groups in total. The number of aromatic nitrogens is 2. The van der Waals surface area contributed by atoms with E-state index in [1.807, 2.05) is 30.3 Å². The van der Waals surface area contributed by atoms with Gasteiger partial charge in [0, 0.05) is 13.0 Å². The summed E-state index contributed by atoms with van der Waals surface area (Å²) in [5.74, 6) is -0.454. The van der Waals surface area contributed by atoms with Crippen LogP contribution in [-0.4, -0.2) is 34.4 Å². The van der Waals surface area contributed by atoms with Gasteiger partial charge in [-0.05, 0) is 26.3 Å². The third-order valence-corrected chi connectivity index (χ3v) is 3.19. The number of hydrogen-bond donors (Lipinski definition) is 2. The summed E-state index contributed by atoms with van der Waals surface area (Å²) in [5.41, 5.74) is 1.33. The number of ether oxygens (including phenoxy) is 2. The van der Waals surface area contributed by atoms with Crippen LogP contribution in [0.15, 0.2) is 36.5 Å². The van der Waals surface area contributed by atoms with Gasteiger partial charge in [0.2, 0.25) is 0 Å². The fraction of sp³-hybridized carbons (Fsp3) is 0.389. The van der Waals surface area contributed by atoms with E-state index in [-0.39, 0.29) is 6.61 Å². The Hall–Kier alpha value is -2.83. The SMILES string of the molecule is CC(C)(C)OC(=O)NCCc1[nH]ncc1C(=O)OCc1ccccc1. The first-order valence-electron chi connectivity index (χ1n) is 8.05. The van der Waals surface area contributed by atoms with Crippen molar-refractivity contribution in [2.45, 2.75) is 39.4 Å². The molecular weight excluding hydrogens is 322 g/mol. The smallest absolute Gasteiger partial charge is 0.407 e. The monoisotopic (exact) mass is 345 g/mol. The second-order valence-corrected chi connectivity index (χ2v) is 6.50. The Morgan fingerprint density at radius 2 is 1.92 bits per heavy atom. The molecule has 0 aliphatic heterocycles. The number of nitrogens with zero attached hydrogens (tertiary/aromatic N) is 1. The molecule has 1 aromatic heterocycles. The lowest BCUT2D eigenvalue weighted by molar-refractivity contribution is 0.0471. The van der Waals surface area contributed by atoms with Crippen molar-refractivity contribution in [3.8, 4) is 0 Å². The van der Waals surface area contributed by atoms with Crippen LogP contribution in [0, 0.1) is 0 Å². The fourth-order valence-corrected chi connectivity index (χ4v) is 2.08. The van der Waals surface area contributed by atoms with Gasteiger partial charge in [-0.2, -0.15) is 5.10 Å². The van der Waals surface area contributed by atoms with Crippen LogP contribution in [0.5, 0.6) is 0 Å². The van der Waals surface area contributed by atoms with E-state index < -0.39 is 17.7 Å². The van der Waals surface area contributed by atoms with Gasteiger partial charge in [-0.15, -0.1) is 0 Å². The molecule has 0 saturated carbocycles. The van der Waals surface area contributed by atoms with Crippen LogP contribution in [-0.2, 0) is 22.5 Å². The number of hydrogen-bond acceptors (Lipinski definition) is 5. The number of amides is 1. The van der Waals surface area contributed by atoms with Gasteiger partial charge < -0.3 is 14.8 Å². The van der Waals surface area contributed by atoms with Crippen LogP contribution >= 0.6 is 0 Å². The Morgan fingerprint density at radius 3 is 2.60 bits per heavy atom. The lowest BCUT2D eigenvalue weighted by Crippen LogP contribution is -2.33. The van der Waals surface area contributed by atoms with Gasteiger partial charge in [0.25, 0.3) is 0 Å². The minimum absolute atomic E-state index is 0.195. The first kappa shape index (κ1) is 18.5. The maximum atomic E-state index is 12.2.